The number of aryl methyl sites for hydroxylation is 1. The molecule has 0 heterocycles. The first-order valence-corrected chi connectivity index (χ1v) is 6.40. The van der Waals surface area contributed by atoms with Crippen LogP contribution >= 0.6 is 11.6 Å². The Kier molecular flexibility index (Phi) is 4.48. The van der Waals surface area contributed by atoms with Gasteiger partial charge in [0, 0.05) is 22.6 Å². The van der Waals surface area contributed by atoms with Crippen LogP contribution in [0.25, 0.3) is 0 Å². The van der Waals surface area contributed by atoms with E-state index >= 15 is 0 Å². The molecule has 0 bridgehead atoms. The van der Waals surface area contributed by atoms with E-state index in [4.69, 9.17) is 11.6 Å². The molecular formula is C16H13ClO2. The van der Waals surface area contributed by atoms with Gasteiger partial charge >= 0.3 is 0 Å². The molecule has 2 nitrogen and oxygen atoms in total. The molecule has 19 heavy (non-hydrogen) atoms. The molecule has 0 radical (unpaired) electrons. The van der Waals surface area contributed by atoms with Crippen LogP contribution < -0.4 is 0 Å². The van der Waals surface area contributed by atoms with Crippen LogP contribution in [0.4, 0.5) is 0 Å². The number of aldehydes is 1. The summed E-state index contributed by atoms with van der Waals surface area (Å²) in [5, 5.41) is 0.674. The van der Waals surface area contributed by atoms with E-state index in [2.05, 4.69) is 0 Å². The first-order chi connectivity index (χ1) is 9.19. The number of hydrogen-bond acceptors (Lipinski definition) is 2. The van der Waals surface area contributed by atoms with Gasteiger partial charge in [0.2, 0.25) is 0 Å². The molecule has 96 valence electrons. The van der Waals surface area contributed by atoms with Gasteiger partial charge in [-0.3, -0.25) is 9.59 Å². The molecule has 0 spiro atoms. The lowest BCUT2D eigenvalue weighted by atomic mass is 10.0. The van der Waals surface area contributed by atoms with Gasteiger partial charge in [0.05, 0.1) is 0 Å². The molecule has 0 fully saturated rings. The Morgan fingerprint density at radius 2 is 1.89 bits per heavy atom. The lowest BCUT2D eigenvalue weighted by Gasteiger charge is -2.03. The van der Waals surface area contributed by atoms with Crippen LogP contribution in [0, 0.1) is 0 Å². The van der Waals surface area contributed by atoms with Crippen LogP contribution in [0.1, 0.15) is 32.7 Å². The van der Waals surface area contributed by atoms with Crippen molar-refractivity contribution in [2.45, 2.75) is 12.8 Å². The van der Waals surface area contributed by atoms with Crippen LogP contribution in [-0.4, -0.2) is 12.1 Å². The Balaban J connectivity index is 2.03. The smallest absolute Gasteiger partial charge is 0.163 e. The van der Waals surface area contributed by atoms with Gasteiger partial charge in [0.25, 0.3) is 0 Å². The number of carbonyl (C=O) groups is 2. The van der Waals surface area contributed by atoms with Gasteiger partial charge in [0.1, 0.15) is 6.29 Å². The maximum atomic E-state index is 12.0. The molecule has 0 saturated heterocycles. The zero-order chi connectivity index (χ0) is 13.7. The predicted molar refractivity (Wildman–Crippen MR) is 75.9 cm³/mol. The van der Waals surface area contributed by atoms with E-state index in [1.54, 1.807) is 30.3 Å². The van der Waals surface area contributed by atoms with Crippen molar-refractivity contribution < 1.29 is 9.59 Å². The minimum absolute atomic E-state index is 0.0312. The number of benzene rings is 2. The second-order valence-electron chi connectivity index (χ2n) is 4.30. The van der Waals surface area contributed by atoms with Crippen molar-refractivity contribution >= 4 is 23.7 Å². The van der Waals surface area contributed by atoms with Crippen molar-refractivity contribution in [2.24, 2.45) is 0 Å². The zero-order valence-electron chi connectivity index (χ0n) is 10.3. The summed E-state index contributed by atoms with van der Waals surface area (Å²) in [5.41, 5.74) is 2.13. The first-order valence-electron chi connectivity index (χ1n) is 6.02. The number of hydrogen-bond donors (Lipinski definition) is 0. The molecule has 0 atom stereocenters. The molecule has 0 aliphatic heterocycles. The quantitative estimate of drug-likeness (QED) is 0.610. The molecule has 0 amide bonds. The van der Waals surface area contributed by atoms with E-state index < -0.39 is 0 Å². The highest BCUT2D eigenvalue weighted by Gasteiger charge is 2.07. The van der Waals surface area contributed by atoms with Crippen molar-refractivity contribution in [3.05, 3.63) is 70.2 Å². The van der Waals surface area contributed by atoms with Crippen LogP contribution in [0.3, 0.4) is 0 Å². The molecule has 0 aliphatic rings. The van der Waals surface area contributed by atoms with Gasteiger partial charge in [-0.1, -0.05) is 41.9 Å². The lowest BCUT2D eigenvalue weighted by Crippen LogP contribution is -2.01. The fourth-order valence-corrected chi connectivity index (χ4v) is 2.09. The summed E-state index contributed by atoms with van der Waals surface area (Å²) in [6, 6.07) is 14.2. The van der Waals surface area contributed by atoms with E-state index in [0.29, 0.717) is 29.0 Å². The van der Waals surface area contributed by atoms with E-state index in [-0.39, 0.29) is 5.78 Å². The summed E-state index contributed by atoms with van der Waals surface area (Å²) in [6.07, 6.45) is 1.79. The van der Waals surface area contributed by atoms with E-state index in [1.807, 2.05) is 18.2 Å². The third kappa shape index (κ3) is 3.76. The van der Waals surface area contributed by atoms with Gasteiger partial charge in [-0.05, 0) is 30.2 Å². The maximum Gasteiger partial charge on any atom is 0.163 e. The standard InChI is InChI=1S/C16H13ClO2/c17-15-6-2-3-12(10-15)7-8-16(19)14-5-1-4-13(9-14)11-18/h1-6,9-11H,7-8H2. The van der Waals surface area contributed by atoms with Gasteiger partial charge in [-0.2, -0.15) is 0 Å². The summed E-state index contributed by atoms with van der Waals surface area (Å²) in [5.74, 6) is 0.0312. The molecule has 0 unspecified atom stereocenters. The normalized spacial score (nSPS) is 10.2. The van der Waals surface area contributed by atoms with Gasteiger partial charge in [-0.15, -0.1) is 0 Å². The Bertz CT molecular complexity index is 605. The Labute approximate surface area is 117 Å². The average molecular weight is 273 g/mol. The second kappa shape index (κ2) is 6.30. The number of Topliss-reactive ketones (excluding diaryl/α,β-unsaturated/α-hetero) is 1. The van der Waals surface area contributed by atoms with Crippen molar-refractivity contribution in [1.29, 1.82) is 0 Å². The van der Waals surface area contributed by atoms with Gasteiger partial charge in [0.15, 0.2) is 5.78 Å². The SMILES string of the molecule is O=Cc1cccc(C(=O)CCc2cccc(Cl)c2)c1. The zero-order valence-corrected chi connectivity index (χ0v) is 11.1. The van der Waals surface area contributed by atoms with Crippen molar-refractivity contribution in [2.75, 3.05) is 0 Å². The van der Waals surface area contributed by atoms with Gasteiger partial charge in [-0.25, -0.2) is 0 Å². The first kappa shape index (κ1) is 13.5. The number of halogens is 1. The Morgan fingerprint density at radius 3 is 2.63 bits per heavy atom. The summed E-state index contributed by atoms with van der Waals surface area (Å²) in [6.45, 7) is 0. The number of ketones is 1. The predicted octanol–water partition coefficient (Wildman–Crippen LogP) is 3.97. The third-order valence-electron chi connectivity index (χ3n) is 2.87. The molecule has 0 saturated carbocycles. The third-order valence-corrected chi connectivity index (χ3v) is 3.11. The number of carbonyl (C=O) groups excluding carboxylic acids is 2. The molecule has 2 rings (SSSR count). The van der Waals surface area contributed by atoms with Crippen molar-refractivity contribution in [3.8, 4) is 0 Å². The molecule has 0 aliphatic carbocycles. The molecule has 0 aromatic heterocycles. The minimum atomic E-state index is 0.0312. The summed E-state index contributed by atoms with van der Waals surface area (Å²) in [4.78, 5) is 22.7. The fourth-order valence-electron chi connectivity index (χ4n) is 1.88. The van der Waals surface area contributed by atoms with Crippen LogP contribution in [0.2, 0.25) is 5.02 Å². The molecular weight excluding hydrogens is 260 g/mol. The molecule has 3 heteroatoms. The van der Waals surface area contributed by atoms with E-state index in [1.165, 1.54) is 0 Å². The Morgan fingerprint density at radius 1 is 1.11 bits per heavy atom. The summed E-state index contributed by atoms with van der Waals surface area (Å²) in [7, 11) is 0. The van der Waals surface area contributed by atoms with Crippen LogP contribution in [0.15, 0.2) is 48.5 Å². The molecule has 0 N–H and O–H groups in total. The molecule has 2 aromatic carbocycles. The summed E-state index contributed by atoms with van der Waals surface area (Å²) >= 11 is 5.89. The highest BCUT2D eigenvalue weighted by atomic mass is 35.5. The Hall–Kier alpha value is -1.93. The fraction of sp³-hybridized carbons (Fsp3) is 0.125. The van der Waals surface area contributed by atoms with Gasteiger partial charge < -0.3 is 0 Å². The molecule has 2 aromatic rings. The largest absolute Gasteiger partial charge is 0.298 e. The van der Waals surface area contributed by atoms with Crippen LogP contribution in [0.5, 0.6) is 0 Å². The number of rotatable bonds is 5. The van der Waals surface area contributed by atoms with E-state index in [0.717, 1.165) is 11.8 Å². The van der Waals surface area contributed by atoms with Crippen molar-refractivity contribution in [1.82, 2.24) is 0 Å². The maximum absolute atomic E-state index is 12.0. The topological polar surface area (TPSA) is 34.1 Å². The lowest BCUT2D eigenvalue weighted by molar-refractivity contribution is 0.0983. The second-order valence-corrected chi connectivity index (χ2v) is 4.73. The monoisotopic (exact) mass is 272 g/mol. The highest BCUT2D eigenvalue weighted by molar-refractivity contribution is 6.30. The minimum Gasteiger partial charge on any atom is -0.298 e. The van der Waals surface area contributed by atoms with Crippen molar-refractivity contribution in [3.63, 3.8) is 0 Å². The average Bonchev–Trinajstić information content (AvgIpc) is 2.45. The highest BCUT2D eigenvalue weighted by Crippen LogP contribution is 2.14. The van der Waals surface area contributed by atoms with E-state index in [9.17, 15) is 9.59 Å². The van der Waals surface area contributed by atoms with Crippen LogP contribution in [-0.2, 0) is 6.42 Å². The summed E-state index contributed by atoms with van der Waals surface area (Å²) < 4.78 is 0.